The Morgan fingerprint density at radius 1 is 1.40 bits per heavy atom. The third-order valence-electron chi connectivity index (χ3n) is 2.95. The van der Waals surface area contributed by atoms with Gasteiger partial charge >= 0.3 is 0 Å². The number of rotatable bonds is 8. The van der Waals surface area contributed by atoms with Gasteiger partial charge in [-0.15, -0.1) is 0 Å². The summed E-state index contributed by atoms with van der Waals surface area (Å²) in [4.78, 5) is 0.208. The lowest BCUT2D eigenvalue weighted by Gasteiger charge is -2.11. The molecule has 0 aliphatic rings. The van der Waals surface area contributed by atoms with E-state index in [9.17, 15) is 8.42 Å². The van der Waals surface area contributed by atoms with Crippen LogP contribution >= 0.6 is 23.4 Å². The number of benzene rings is 1. The van der Waals surface area contributed by atoms with E-state index in [1.807, 2.05) is 13.3 Å². The minimum Gasteiger partial charge on any atom is -0.316 e. The normalized spacial score (nSPS) is 13.4. The largest absolute Gasteiger partial charge is 0.316 e. The van der Waals surface area contributed by atoms with E-state index in [0.717, 1.165) is 12.0 Å². The van der Waals surface area contributed by atoms with Gasteiger partial charge in [-0.2, -0.15) is 11.8 Å². The van der Waals surface area contributed by atoms with Gasteiger partial charge in [-0.25, -0.2) is 13.1 Å². The third kappa shape index (κ3) is 5.26. The van der Waals surface area contributed by atoms with Crippen LogP contribution in [0.1, 0.15) is 18.9 Å². The SMILES string of the molecule is CNCc1ccc(S(=O)(=O)NCCC(C)SC)cc1Cl. The maximum atomic E-state index is 12.1. The second kappa shape index (κ2) is 8.24. The molecule has 0 spiro atoms. The van der Waals surface area contributed by atoms with E-state index in [2.05, 4.69) is 17.0 Å². The average Bonchev–Trinajstić information content (AvgIpc) is 2.40. The maximum absolute atomic E-state index is 12.1. The Balaban J connectivity index is 2.75. The van der Waals surface area contributed by atoms with Gasteiger partial charge in [-0.3, -0.25) is 0 Å². The standard InChI is InChI=1S/C13H21ClN2O2S2/c1-10(19-3)6-7-16-20(17,18)12-5-4-11(9-15-2)13(14)8-12/h4-5,8,10,15-16H,6-7,9H2,1-3H3. The molecule has 0 saturated carbocycles. The van der Waals surface area contributed by atoms with E-state index in [1.54, 1.807) is 23.9 Å². The number of halogens is 1. The highest BCUT2D eigenvalue weighted by Crippen LogP contribution is 2.21. The lowest BCUT2D eigenvalue weighted by molar-refractivity contribution is 0.579. The first-order valence-corrected chi connectivity index (χ1v) is 9.51. The molecule has 4 nitrogen and oxygen atoms in total. The van der Waals surface area contributed by atoms with Crippen molar-refractivity contribution >= 4 is 33.4 Å². The lowest BCUT2D eigenvalue weighted by Crippen LogP contribution is -2.26. The summed E-state index contributed by atoms with van der Waals surface area (Å²) >= 11 is 7.80. The Morgan fingerprint density at radius 2 is 2.10 bits per heavy atom. The van der Waals surface area contributed by atoms with Crippen LogP contribution in [0, 0.1) is 0 Å². The molecule has 2 N–H and O–H groups in total. The fourth-order valence-corrected chi connectivity index (χ4v) is 3.37. The number of sulfonamides is 1. The summed E-state index contributed by atoms with van der Waals surface area (Å²) < 4.78 is 26.9. The molecule has 1 rings (SSSR count). The van der Waals surface area contributed by atoms with Crippen molar-refractivity contribution in [2.24, 2.45) is 0 Å². The molecule has 114 valence electrons. The zero-order valence-corrected chi connectivity index (χ0v) is 14.3. The van der Waals surface area contributed by atoms with Gasteiger partial charge in [0.05, 0.1) is 4.90 Å². The van der Waals surface area contributed by atoms with E-state index >= 15 is 0 Å². The van der Waals surface area contributed by atoms with Crippen LogP contribution in [0.15, 0.2) is 23.1 Å². The fourth-order valence-electron chi connectivity index (χ4n) is 1.63. The molecular formula is C13H21ClN2O2S2. The van der Waals surface area contributed by atoms with Crippen molar-refractivity contribution in [1.29, 1.82) is 0 Å². The van der Waals surface area contributed by atoms with Crippen molar-refractivity contribution < 1.29 is 8.42 Å². The smallest absolute Gasteiger partial charge is 0.240 e. The third-order valence-corrected chi connectivity index (χ3v) is 5.80. The van der Waals surface area contributed by atoms with Crippen LogP contribution in [0.25, 0.3) is 0 Å². The van der Waals surface area contributed by atoms with E-state index in [0.29, 0.717) is 23.4 Å². The summed E-state index contributed by atoms with van der Waals surface area (Å²) in [5.41, 5.74) is 0.879. The number of thioether (sulfide) groups is 1. The van der Waals surface area contributed by atoms with Crippen LogP contribution in [-0.4, -0.2) is 33.5 Å². The molecule has 1 atom stereocenters. The summed E-state index contributed by atoms with van der Waals surface area (Å²) in [5.74, 6) is 0. The maximum Gasteiger partial charge on any atom is 0.240 e. The molecule has 0 amide bonds. The van der Waals surface area contributed by atoms with Crippen LogP contribution in [-0.2, 0) is 16.6 Å². The van der Waals surface area contributed by atoms with Crippen molar-refractivity contribution in [3.8, 4) is 0 Å². The van der Waals surface area contributed by atoms with Crippen molar-refractivity contribution in [2.45, 2.75) is 30.0 Å². The Bertz CT molecular complexity index is 535. The van der Waals surface area contributed by atoms with Crippen molar-refractivity contribution in [3.63, 3.8) is 0 Å². The van der Waals surface area contributed by atoms with Crippen LogP contribution in [0.5, 0.6) is 0 Å². The van der Waals surface area contributed by atoms with Crippen molar-refractivity contribution in [1.82, 2.24) is 10.0 Å². The van der Waals surface area contributed by atoms with Gasteiger partial charge in [0.25, 0.3) is 0 Å². The van der Waals surface area contributed by atoms with Gasteiger partial charge in [0, 0.05) is 23.4 Å². The predicted octanol–water partition coefficient (Wildman–Crippen LogP) is 2.48. The van der Waals surface area contributed by atoms with Crippen LogP contribution in [0.2, 0.25) is 5.02 Å². The molecule has 20 heavy (non-hydrogen) atoms. The Labute approximate surface area is 130 Å². The predicted molar refractivity (Wildman–Crippen MR) is 87.0 cm³/mol. The molecule has 0 aliphatic heterocycles. The molecule has 0 aliphatic carbocycles. The summed E-state index contributed by atoms with van der Waals surface area (Å²) in [6.45, 7) is 3.11. The molecule has 0 aromatic heterocycles. The summed E-state index contributed by atoms with van der Waals surface area (Å²) in [6, 6.07) is 4.81. The van der Waals surface area contributed by atoms with Gasteiger partial charge in [0.15, 0.2) is 0 Å². The molecule has 0 heterocycles. The van der Waals surface area contributed by atoms with Crippen molar-refractivity contribution in [2.75, 3.05) is 19.8 Å². The molecule has 7 heteroatoms. The van der Waals surface area contributed by atoms with Crippen molar-refractivity contribution in [3.05, 3.63) is 28.8 Å². The van der Waals surface area contributed by atoms with Gasteiger partial charge in [0.2, 0.25) is 10.0 Å². The fraction of sp³-hybridized carbons (Fsp3) is 0.538. The zero-order chi connectivity index (χ0) is 15.2. The first kappa shape index (κ1) is 17.8. The monoisotopic (exact) mass is 336 g/mol. The highest BCUT2D eigenvalue weighted by Gasteiger charge is 2.15. The van der Waals surface area contributed by atoms with Crippen LogP contribution < -0.4 is 10.0 Å². The van der Waals surface area contributed by atoms with Gasteiger partial charge < -0.3 is 5.32 Å². The Hall–Kier alpha value is -0.270. The quantitative estimate of drug-likeness (QED) is 0.765. The highest BCUT2D eigenvalue weighted by atomic mass is 35.5. The average molecular weight is 337 g/mol. The van der Waals surface area contributed by atoms with E-state index in [1.165, 1.54) is 6.07 Å². The molecule has 0 radical (unpaired) electrons. The minimum atomic E-state index is -3.48. The molecule has 1 unspecified atom stereocenters. The van der Waals surface area contributed by atoms with Gasteiger partial charge in [0.1, 0.15) is 0 Å². The molecule has 0 bridgehead atoms. The van der Waals surface area contributed by atoms with E-state index in [4.69, 9.17) is 11.6 Å². The van der Waals surface area contributed by atoms with Gasteiger partial charge in [-0.1, -0.05) is 24.6 Å². The second-order valence-electron chi connectivity index (χ2n) is 4.52. The molecule has 1 aromatic rings. The Morgan fingerprint density at radius 3 is 2.65 bits per heavy atom. The lowest BCUT2D eigenvalue weighted by atomic mass is 10.2. The van der Waals surface area contributed by atoms with Gasteiger partial charge in [-0.05, 0) is 37.4 Å². The molecule has 1 aromatic carbocycles. The topological polar surface area (TPSA) is 58.2 Å². The molecule has 0 fully saturated rings. The minimum absolute atomic E-state index is 0.208. The number of nitrogens with one attached hydrogen (secondary N) is 2. The van der Waals surface area contributed by atoms with E-state index in [-0.39, 0.29) is 4.90 Å². The molecular weight excluding hydrogens is 316 g/mol. The highest BCUT2D eigenvalue weighted by molar-refractivity contribution is 7.99. The van der Waals surface area contributed by atoms with E-state index < -0.39 is 10.0 Å². The summed E-state index contributed by atoms with van der Waals surface area (Å²) in [5, 5.41) is 3.87. The first-order valence-electron chi connectivity index (χ1n) is 6.36. The first-order chi connectivity index (χ1) is 9.40. The number of hydrogen-bond acceptors (Lipinski definition) is 4. The summed E-state index contributed by atoms with van der Waals surface area (Å²) in [6.07, 6.45) is 2.81. The number of hydrogen-bond donors (Lipinski definition) is 2. The molecule has 0 saturated heterocycles. The Kier molecular flexibility index (Phi) is 7.33. The summed E-state index contributed by atoms with van der Waals surface area (Å²) in [7, 11) is -1.67. The zero-order valence-electron chi connectivity index (χ0n) is 11.9. The van der Waals surface area contributed by atoms with Crippen LogP contribution in [0.3, 0.4) is 0 Å². The second-order valence-corrected chi connectivity index (χ2v) is 7.97. The van der Waals surface area contributed by atoms with Crippen LogP contribution in [0.4, 0.5) is 0 Å².